The van der Waals surface area contributed by atoms with Crippen molar-refractivity contribution in [3.63, 3.8) is 0 Å². The quantitative estimate of drug-likeness (QED) is 0.711. The fourth-order valence-corrected chi connectivity index (χ4v) is 2.84. The van der Waals surface area contributed by atoms with E-state index in [0.717, 1.165) is 32.5 Å². The molecule has 0 spiro atoms. The lowest BCUT2D eigenvalue weighted by Gasteiger charge is -2.10. The van der Waals surface area contributed by atoms with Gasteiger partial charge in [-0.1, -0.05) is 37.3 Å². The number of hydrogen-bond acceptors (Lipinski definition) is 3. The Labute approximate surface area is 125 Å². The van der Waals surface area contributed by atoms with Crippen LogP contribution in [-0.2, 0) is 24.2 Å². The maximum Gasteiger partial charge on any atom is 0.0719 e. The monoisotopic (exact) mass is 289 g/mol. The Kier molecular flexibility index (Phi) is 6.78. The summed E-state index contributed by atoms with van der Waals surface area (Å²) < 4.78 is 5.83. The van der Waals surface area contributed by atoms with E-state index in [0.29, 0.717) is 6.61 Å². The van der Waals surface area contributed by atoms with Crippen molar-refractivity contribution in [2.24, 2.45) is 0 Å². The molecule has 0 aliphatic rings. The number of rotatable bonds is 9. The molecule has 3 heteroatoms. The summed E-state index contributed by atoms with van der Waals surface area (Å²) in [5.74, 6) is 0. The predicted octanol–water partition coefficient (Wildman–Crippen LogP) is 3.66. The Morgan fingerprint density at radius 1 is 1.05 bits per heavy atom. The lowest BCUT2D eigenvalue weighted by Crippen LogP contribution is -2.16. The molecule has 1 aromatic heterocycles. The highest BCUT2D eigenvalue weighted by Gasteiger charge is 2.02. The molecule has 2 aromatic rings. The zero-order chi connectivity index (χ0) is 14.0. The van der Waals surface area contributed by atoms with Gasteiger partial charge < -0.3 is 10.1 Å². The fourth-order valence-electron chi connectivity index (χ4n) is 2.15. The maximum atomic E-state index is 5.83. The van der Waals surface area contributed by atoms with E-state index in [4.69, 9.17) is 4.74 Å². The summed E-state index contributed by atoms with van der Waals surface area (Å²) in [7, 11) is 0. The summed E-state index contributed by atoms with van der Waals surface area (Å²) in [6.07, 6.45) is 2.08. The Morgan fingerprint density at radius 2 is 1.90 bits per heavy atom. The van der Waals surface area contributed by atoms with Gasteiger partial charge in [0.1, 0.15) is 0 Å². The molecule has 0 amide bonds. The Balaban J connectivity index is 1.76. The highest BCUT2D eigenvalue weighted by atomic mass is 32.1. The number of ether oxygens (including phenoxy) is 1. The van der Waals surface area contributed by atoms with Gasteiger partial charge in [0.15, 0.2) is 0 Å². The van der Waals surface area contributed by atoms with Crippen molar-refractivity contribution in [3.05, 3.63) is 57.8 Å². The minimum atomic E-state index is 0.716. The molecule has 108 valence electrons. The van der Waals surface area contributed by atoms with E-state index in [1.54, 1.807) is 11.3 Å². The molecular weight excluding hydrogens is 266 g/mol. The SMILES string of the molecule is CCNCCc1ccccc1COCCc1cccs1. The summed E-state index contributed by atoms with van der Waals surface area (Å²) in [6, 6.07) is 12.8. The van der Waals surface area contributed by atoms with Crippen molar-refractivity contribution >= 4 is 11.3 Å². The van der Waals surface area contributed by atoms with Crippen LogP contribution in [0.15, 0.2) is 41.8 Å². The van der Waals surface area contributed by atoms with E-state index < -0.39 is 0 Å². The molecule has 1 aromatic carbocycles. The smallest absolute Gasteiger partial charge is 0.0719 e. The fraction of sp³-hybridized carbons (Fsp3) is 0.412. The molecule has 1 N–H and O–H groups in total. The molecule has 20 heavy (non-hydrogen) atoms. The largest absolute Gasteiger partial charge is 0.376 e. The van der Waals surface area contributed by atoms with Gasteiger partial charge in [0.2, 0.25) is 0 Å². The third kappa shape index (κ3) is 5.08. The van der Waals surface area contributed by atoms with E-state index in [2.05, 4.69) is 54.0 Å². The van der Waals surface area contributed by atoms with Gasteiger partial charge in [0.05, 0.1) is 13.2 Å². The average Bonchev–Trinajstić information content (AvgIpc) is 2.98. The van der Waals surface area contributed by atoms with Gasteiger partial charge in [0, 0.05) is 11.3 Å². The third-order valence-electron chi connectivity index (χ3n) is 3.27. The first kappa shape index (κ1) is 15.2. The van der Waals surface area contributed by atoms with Gasteiger partial charge in [0.25, 0.3) is 0 Å². The molecule has 0 saturated carbocycles. The first-order valence-corrected chi connectivity index (χ1v) is 8.15. The van der Waals surface area contributed by atoms with Crippen molar-refractivity contribution < 1.29 is 4.74 Å². The van der Waals surface area contributed by atoms with E-state index >= 15 is 0 Å². The Morgan fingerprint density at radius 3 is 2.65 bits per heavy atom. The lowest BCUT2D eigenvalue weighted by molar-refractivity contribution is 0.123. The van der Waals surface area contributed by atoms with Crippen LogP contribution in [0.1, 0.15) is 22.9 Å². The van der Waals surface area contributed by atoms with Crippen molar-refractivity contribution in [1.29, 1.82) is 0 Å². The number of hydrogen-bond donors (Lipinski definition) is 1. The van der Waals surface area contributed by atoms with Crippen LogP contribution >= 0.6 is 11.3 Å². The molecular formula is C17H23NOS. The highest BCUT2D eigenvalue weighted by Crippen LogP contribution is 2.12. The van der Waals surface area contributed by atoms with Crippen molar-refractivity contribution in [1.82, 2.24) is 5.32 Å². The van der Waals surface area contributed by atoms with Gasteiger partial charge in [-0.15, -0.1) is 11.3 Å². The highest BCUT2D eigenvalue weighted by molar-refractivity contribution is 7.09. The molecule has 0 fully saturated rings. The van der Waals surface area contributed by atoms with Crippen molar-refractivity contribution in [2.45, 2.75) is 26.4 Å². The summed E-state index contributed by atoms with van der Waals surface area (Å²) in [5.41, 5.74) is 2.71. The number of thiophene rings is 1. The summed E-state index contributed by atoms with van der Waals surface area (Å²) in [6.45, 7) is 5.71. The van der Waals surface area contributed by atoms with Crippen LogP contribution < -0.4 is 5.32 Å². The van der Waals surface area contributed by atoms with E-state index in [9.17, 15) is 0 Å². The molecule has 0 atom stereocenters. The van der Waals surface area contributed by atoms with E-state index in [1.165, 1.54) is 16.0 Å². The topological polar surface area (TPSA) is 21.3 Å². The summed E-state index contributed by atoms with van der Waals surface area (Å²) >= 11 is 1.80. The van der Waals surface area contributed by atoms with Gasteiger partial charge in [-0.05, 0) is 42.1 Å². The van der Waals surface area contributed by atoms with E-state index in [1.807, 2.05) is 0 Å². The van der Waals surface area contributed by atoms with Crippen molar-refractivity contribution in [3.8, 4) is 0 Å². The average molecular weight is 289 g/mol. The van der Waals surface area contributed by atoms with Gasteiger partial charge in [-0.2, -0.15) is 0 Å². The molecule has 0 unspecified atom stereocenters. The Hall–Kier alpha value is -1.16. The predicted molar refractivity (Wildman–Crippen MR) is 86.4 cm³/mol. The van der Waals surface area contributed by atoms with Crippen LogP contribution in [0.5, 0.6) is 0 Å². The second-order valence-corrected chi connectivity index (χ2v) is 5.79. The molecule has 0 aliphatic carbocycles. The second kappa shape index (κ2) is 8.90. The van der Waals surface area contributed by atoms with Crippen molar-refractivity contribution in [2.75, 3.05) is 19.7 Å². The standard InChI is InChI=1S/C17H23NOS/c1-2-18-11-9-15-6-3-4-7-16(15)14-19-12-10-17-8-5-13-20-17/h3-8,13,18H,2,9-12,14H2,1H3. The van der Waals surface area contributed by atoms with Crippen LogP contribution in [0, 0.1) is 0 Å². The molecule has 2 nitrogen and oxygen atoms in total. The van der Waals surface area contributed by atoms with Gasteiger partial charge in [-0.3, -0.25) is 0 Å². The lowest BCUT2D eigenvalue weighted by atomic mass is 10.1. The molecule has 2 rings (SSSR count). The maximum absolute atomic E-state index is 5.83. The first-order valence-electron chi connectivity index (χ1n) is 7.27. The third-order valence-corrected chi connectivity index (χ3v) is 4.21. The number of likely N-dealkylation sites (N-methyl/N-ethyl adjacent to an activating group) is 1. The van der Waals surface area contributed by atoms with Crippen LogP contribution in [0.25, 0.3) is 0 Å². The van der Waals surface area contributed by atoms with Crippen LogP contribution in [-0.4, -0.2) is 19.7 Å². The molecule has 0 aliphatic heterocycles. The van der Waals surface area contributed by atoms with Gasteiger partial charge >= 0.3 is 0 Å². The zero-order valence-electron chi connectivity index (χ0n) is 12.1. The molecule has 0 bridgehead atoms. The molecule has 1 heterocycles. The molecule has 0 saturated heterocycles. The van der Waals surface area contributed by atoms with Gasteiger partial charge in [-0.25, -0.2) is 0 Å². The normalized spacial score (nSPS) is 10.8. The van der Waals surface area contributed by atoms with Crippen LogP contribution in [0.3, 0.4) is 0 Å². The summed E-state index contributed by atoms with van der Waals surface area (Å²) in [5, 5.41) is 5.49. The second-order valence-electron chi connectivity index (χ2n) is 4.75. The number of benzene rings is 1. The minimum absolute atomic E-state index is 0.716. The minimum Gasteiger partial charge on any atom is -0.376 e. The van der Waals surface area contributed by atoms with E-state index in [-0.39, 0.29) is 0 Å². The molecule has 0 radical (unpaired) electrons. The number of nitrogens with one attached hydrogen (secondary N) is 1. The first-order chi connectivity index (χ1) is 9.90. The van der Waals surface area contributed by atoms with Crippen LogP contribution in [0.2, 0.25) is 0 Å². The zero-order valence-corrected chi connectivity index (χ0v) is 12.9. The summed E-state index contributed by atoms with van der Waals surface area (Å²) in [4.78, 5) is 1.39. The van der Waals surface area contributed by atoms with Crippen LogP contribution in [0.4, 0.5) is 0 Å². The Bertz CT molecular complexity index is 481.